The van der Waals surface area contributed by atoms with Gasteiger partial charge in [0.1, 0.15) is 6.54 Å². The van der Waals surface area contributed by atoms with Crippen LogP contribution in [-0.2, 0) is 11.0 Å². The van der Waals surface area contributed by atoms with Crippen LogP contribution in [0.3, 0.4) is 0 Å². The summed E-state index contributed by atoms with van der Waals surface area (Å²) >= 11 is 0. The molecule has 0 saturated heterocycles. The largest absolute Gasteiger partial charge is 0.480 e. The summed E-state index contributed by atoms with van der Waals surface area (Å²) in [6, 6.07) is 5.46. The number of rotatable bonds is 4. The van der Waals surface area contributed by atoms with Gasteiger partial charge in [0.05, 0.1) is 11.4 Å². The molecule has 0 bridgehead atoms. The molecule has 110 valence electrons. The topological polar surface area (TPSA) is 88.0 Å². The molecular formula is C12H9F3N4O2. The van der Waals surface area contributed by atoms with Crippen molar-refractivity contribution in [3.05, 3.63) is 36.2 Å². The second kappa shape index (κ2) is 5.73. The number of aromatic nitrogens is 3. The summed E-state index contributed by atoms with van der Waals surface area (Å²) < 4.78 is 38.4. The lowest BCUT2D eigenvalue weighted by Crippen LogP contribution is -2.17. The summed E-state index contributed by atoms with van der Waals surface area (Å²) in [7, 11) is 0. The lowest BCUT2D eigenvalue weighted by atomic mass is 10.2. The number of carboxylic acids is 1. The Morgan fingerprint density at radius 1 is 1.24 bits per heavy atom. The van der Waals surface area contributed by atoms with Crippen molar-refractivity contribution in [3.8, 4) is 11.4 Å². The average Bonchev–Trinajstić information content (AvgIpc) is 2.45. The zero-order valence-electron chi connectivity index (χ0n) is 10.4. The number of nitrogens with one attached hydrogen (secondary N) is 1. The molecule has 0 fully saturated rings. The fourth-order valence-corrected chi connectivity index (χ4v) is 1.47. The van der Waals surface area contributed by atoms with E-state index >= 15 is 0 Å². The highest BCUT2D eigenvalue weighted by atomic mass is 19.4. The van der Waals surface area contributed by atoms with Gasteiger partial charge < -0.3 is 10.4 Å². The van der Waals surface area contributed by atoms with Crippen LogP contribution in [0.15, 0.2) is 30.5 Å². The third kappa shape index (κ3) is 3.88. The van der Waals surface area contributed by atoms with Gasteiger partial charge in [-0.2, -0.15) is 13.2 Å². The zero-order chi connectivity index (χ0) is 15.5. The normalized spacial score (nSPS) is 11.2. The van der Waals surface area contributed by atoms with Crippen LogP contribution in [0.5, 0.6) is 0 Å². The molecule has 0 saturated carbocycles. The highest BCUT2D eigenvalue weighted by Crippen LogP contribution is 2.30. The van der Waals surface area contributed by atoms with E-state index in [9.17, 15) is 18.0 Å². The van der Waals surface area contributed by atoms with Gasteiger partial charge in [0, 0.05) is 6.20 Å². The first kappa shape index (κ1) is 14.7. The number of nitrogens with zero attached hydrogens (tertiary/aromatic N) is 3. The Labute approximate surface area is 116 Å². The van der Waals surface area contributed by atoms with Gasteiger partial charge in [0.2, 0.25) is 5.95 Å². The molecule has 0 radical (unpaired) electrons. The van der Waals surface area contributed by atoms with Crippen LogP contribution < -0.4 is 5.32 Å². The number of alkyl halides is 3. The SMILES string of the molecule is O=C(O)CNc1nc(-c2ccccn2)cc(C(F)(F)F)n1. The fraction of sp³-hybridized carbons (Fsp3) is 0.167. The number of carboxylic acid groups (broad SMARTS) is 1. The minimum Gasteiger partial charge on any atom is -0.480 e. The Morgan fingerprint density at radius 3 is 2.57 bits per heavy atom. The van der Waals surface area contributed by atoms with Gasteiger partial charge in [-0.25, -0.2) is 9.97 Å². The van der Waals surface area contributed by atoms with Crippen molar-refractivity contribution in [3.63, 3.8) is 0 Å². The van der Waals surface area contributed by atoms with E-state index < -0.39 is 30.3 Å². The van der Waals surface area contributed by atoms with Crippen LogP contribution in [0.25, 0.3) is 11.4 Å². The molecule has 0 unspecified atom stereocenters. The molecule has 0 aliphatic rings. The van der Waals surface area contributed by atoms with E-state index in [1.807, 2.05) is 0 Å². The smallest absolute Gasteiger partial charge is 0.433 e. The first-order chi connectivity index (χ1) is 9.86. The number of carbonyl (C=O) groups is 1. The van der Waals surface area contributed by atoms with Crippen molar-refractivity contribution in [1.29, 1.82) is 0 Å². The van der Waals surface area contributed by atoms with Crippen molar-refractivity contribution in [2.45, 2.75) is 6.18 Å². The predicted molar refractivity (Wildman–Crippen MR) is 66.4 cm³/mol. The first-order valence-corrected chi connectivity index (χ1v) is 5.69. The molecule has 2 N–H and O–H groups in total. The van der Waals surface area contributed by atoms with Gasteiger partial charge in [-0.1, -0.05) is 6.07 Å². The zero-order valence-corrected chi connectivity index (χ0v) is 10.4. The lowest BCUT2D eigenvalue weighted by molar-refractivity contribution is -0.141. The van der Waals surface area contributed by atoms with Gasteiger partial charge >= 0.3 is 12.1 Å². The molecule has 2 heterocycles. The average molecular weight is 298 g/mol. The van der Waals surface area contributed by atoms with E-state index in [1.165, 1.54) is 12.3 Å². The summed E-state index contributed by atoms with van der Waals surface area (Å²) in [5.74, 6) is -1.66. The number of halogens is 3. The van der Waals surface area contributed by atoms with Gasteiger partial charge in [0.25, 0.3) is 0 Å². The number of hydrogen-bond donors (Lipinski definition) is 2. The Morgan fingerprint density at radius 2 is 2.00 bits per heavy atom. The Hall–Kier alpha value is -2.71. The molecule has 0 aliphatic heterocycles. The molecule has 0 amide bonds. The van der Waals surface area contributed by atoms with Crippen molar-refractivity contribution in [2.75, 3.05) is 11.9 Å². The van der Waals surface area contributed by atoms with E-state index in [1.54, 1.807) is 12.1 Å². The maximum atomic E-state index is 12.8. The van der Waals surface area contributed by atoms with Crippen molar-refractivity contribution >= 4 is 11.9 Å². The molecule has 9 heteroatoms. The monoisotopic (exact) mass is 298 g/mol. The molecular weight excluding hydrogens is 289 g/mol. The van der Waals surface area contributed by atoms with Crippen LogP contribution >= 0.6 is 0 Å². The second-order valence-corrected chi connectivity index (χ2v) is 3.92. The highest BCUT2D eigenvalue weighted by Gasteiger charge is 2.34. The first-order valence-electron chi connectivity index (χ1n) is 5.69. The van der Waals surface area contributed by atoms with E-state index in [0.717, 1.165) is 6.07 Å². The van der Waals surface area contributed by atoms with Crippen molar-refractivity contribution < 1.29 is 23.1 Å². The Kier molecular flexibility index (Phi) is 4.01. The van der Waals surface area contributed by atoms with E-state index in [2.05, 4.69) is 20.3 Å². The molecule has 6 nitrogen and oxygen atoms in total. The lowest BCUT2D eigenvalue weighted by Gasteiger charge is -2.10. The summed E-state index contributed by atoms with van der Waals surface area (Å²) in [5, 5.41) is 10.8. The molecule has 0 atom stereocenters. The Bertz CT molecular complexity index is 647. The van der Waals surface area contributed by atoms with Gasteiger partial charge in [-0.3, -0.25) is 9.78 Å². The third-order valence-corrected chi connectivity index (χ3v) is 2.34. The standard InChI is InChI=1S/C12H9F3N4O2/c13-12(14,15)9-5-8(7-3-1-2-4-16-7)18-11(19-9)17-6-10(20)21/h1-5H,6H2,(H,20,21)(H,17,18,19). The van der Waals surface area contributed by atoms with Crippen LogP contribution in [0.4, 0.5) is 19.1 Å². The number of pyridine rings is 1. The van der Waals surface area contributed by atoms with Crippen molar-refractivity contribution in [2.24, 2.45) is 0 Å². The number of aliphatic carboxylic acids is 1. The molecule has 21 heavy (non-hydrogen) atoms. The van der Waals surface area contributed by atoms with Crippen molar-refractivity contribution in [1.82, 2.24) is 15.0 Å². The number of hydrogen-bond acceptors (Lipinski definition) is 5. The van der Waals surface area contributed by atoms with Crippen LogP contribution in [0, 0.1) is 0 Å². The Balaban J connectivity index is 2.45. The summed E-state index contributed by atoms with van der Waals surface area (Å²) in [5.41, 5.74) is -0.999. The molecule has 2 rings (SSSR count). The second-order valence-electron chi connectivity index (χ2n) is 3.92. The molecule has 2 aromatic rings. The van der Waals surface area contributed by atoms with Gasteiger partial charge in [-0.05, 0) is 18.2 Å². The quantitative estimate of drug-likeness (QED) is 0.898. The predicted octanol–water partition coefficient (Wildman–Crippen LogP) is 2.05. The minimum absolute atomic E-state index is 0.0502. The van der Waals surface area contributed by atoms with Crippen LogP contribution in [0.1, 0.15) is 5.69 Å². The fourth-order valence-electron chi connectivity index (χ4n) is 1.47. The number of anilines is 1. The van der Waals surface area contributed by atoms with Crippen LogP contribution in [0.2, 0.25) is 0 Å². The van der Waals surface area contributed by atoms with E-state index in [4.69, 9.17) is 5.11 Å². The van der Waals surface area contributed by atoms with Crippen LogP contribution in [-0.4, -0.2) is 32.6 Å². The molecule has 0 spiro atoms. The summed E-state index contributed by atoms with van der Waals surface area (Å²) in [6.45, 7) is -0.594. The summed E-state index contributed by atoms with van der Waals surface area (Å²) in [6.07, 6.45) is -3.26. The summed E-state index contributed by atoms with van der Waals surface area (Å²) in [4.78, 5) is 21.5. The minimum atomic E-state index is -4.67. The third-order valence-electron chi connectivity index (χ3n) is 2.34. The molecule has 0 aliphatic carbocycles. The molecule has 0 aromatic carbocycles. The maximum absolute atomic E-state index is 12.8. The van der Waals surface area contributed by atoms with Gasteiger partial charge in [0.15, 0.2) is 5.69 Å². The van der Waals surface area contributed by atoms with E-state index in [0.29, 0.717) is 0 Å². The van der Waals surface area contributed by atoms with Gasteiger partial charge in [-0.15, -0.1) is 0 Å². The van der Waals surface area contributed by atoms with E-state index in [-0.39, 0.29) is 11.4 Å². The molecule has 2 aromatic heterocycles. The maximum Gasteiger partial charge on any atom is 0.433 e. The highest BCUT2D eigenvalue weighted by molar-refractivity contribution is 5.72.